The number of aromatic nitrogens is 2. The van der Waals surface area contributed by atoms with Gasteiger partial charge in [-0.25, -0.2) is 0 Å². The average molecular weight is 322 g/mol. The summed E-state index contributed by atoms with van der Waals surface area (Å²) in [6.07, 6.45) is 5.00. The summed E-state index contributed by atoms with van der Waals surface area (Å²) in [6, 6.07) is 3.32. The first-order valence-electron chi connectivity index (χ1n) is 8.79. The van der Waals surface area contributed by atoms with Gasteiger partial charge in [-0.1, -0.05) is 0 Å². The van der Waals surface area contributed by atoms with Gasteiger partial charge in [-0.3, -0.25) is 14.9 Å². The lowest BCUT2D eigenvalue weighted by Gasteiger charge is -2.23. The third-order valence-electron chi connectivity index (χ3n) is 5.14. The van der Waals surface area contributed by atoms with Gasteiger partial charge >= 0.3 is 0 Å². The summed E-state index contributed by atoms with van der Waals surface area (Å²) < 4.78 is 10.7. The van der Waals surface area contributed by atoms with Crippen LogP contribution in [0.4, 0.5) is 0 Å². The Hall–Kier alpha value is -0.950. The van der Waals surface area contributed by atoms with Crippen LogP contribution in [-0.4, -0.2) is 72.6 Å². The lowest BCUT2D eigenvalue weighted by Crippen LogP contribution is -2.32. The van der Waals surface area contributed by atoms with Crippen LogP contribution in [0.3, 0.4) is 0 Å². The standard InChI is InChI=1S/C17H30N4O2/c1-22-12-16-5-3-7-20(16)10-14-9-15(19-18-14)11-21-8-4-6-17(21)13-23-2/h9,16-17H,3-8,10-13H2,1-2H3,(H,18,19)/t16-,17-/m1/s1. The SMILES string of the molecule is COC[C@H]1CCCN1Cc1cc(CN2CCC[C@@H]2COC)[nH]n1. The Labute approximate surface area is 139 Å². The first-order chi connectivity index (χ1) is 11.3. The van der Waals surface area contributed by atoms with Gasteiger partial charge in [0.05, 0.1) is 18.9 Å². The molecule has 6 nitrogen and oxygen atoms in total. The highest BCUT2D eigenvalue weighted by Gasteiger charge is 2.26. The van der Waals surface area contributed by atoms with Gasteiger partial charge < -0.3 is 9.47 Å². The van der Waals surface area contributed by atoms with Crippen LogP contribution in [-0.2, 0) is 22.6 Å². The molecular formula is C17H30N4O2. The van der Waals surface area contributed by atoms with Crippen LogP contribution >= 0.6 is 0 Å². The highest BCUT2D eigenvalue weighted by Crippen LogP contribution is 2.22. The van der Waals surface area contributed by atoms with Gasteiger partial charge in [-0.05, 0) is 44.8 Å². The zero-order valence-corrected chi connectivity index (χ0v) is 14.5. The number of aromatic amines is 1. The second-order valence-electron chi connectivity index (χ2n) is 6.83. The molecule has 3 heterocycles. The van der Waals surface area contributed by atoms with Gasteiger partial charge in [0.1, 0.15) is 0 Å². The van der Waals surface area contributed by atoms with Crippen LogP contribution in [0.5, 0.6) is 0 Å². The quantitative estimate of drug-likeness (QED) is 0.788. The fraction of sp³-hybridized carbons (Fsp3) is 0.824. The van der Waals surface area contributed by atoms with E-state index in [2.05, 4.69) is 26.1 Å². The molecule has 0 radical (unpaired) electrons. The summed E-state index contributed by atoms with van der Waals surface area (Å²) in [5.74, 6) is 0. The van der Waals surface area contributed by atoms with E-state index in [9.17, 15) is 0 Å². The van der Waals surface area contributed by atoms with Crippen LogP contribution in [0.1, 0.15) is 37.1 Å². The van der Waals surface area contributed by atoms with Crippen LogP contribution in [0, 0.1) is 0 Å². The van der Waals surface area contributed by atoms with E-state index >= 15 is 0 Å². The van der Waals surface area contributed by atoms with Gasteiger partial charge in [-0.15, -0.1) is 0 Å². The minimum Gasteiger partial charge on any atom is -0.383 e. The molecule has 1 aromatic rings. The van der Waals surface area contributed by atoms with Gasteiger partial charge in [0.2, 0.25) is 0 Å². The number of nitrogens with zero attached hydrogens (tertiary/aromatic N) is 3. The Morgan fingerprint density at radius 1 is 1.04 bits per heavy atom. The first-order valence-corrected chi connectivity index (χ1v) is 8.79. The molecule has 3 rings (SSSR count). The van der Waals surface area contributed by atoms with Crippen LogP contribution in [0.25, 0.3) is 0 Å². The molecule has 0 aromatic carbocycles. The van der Waals surface area contributed by atoms with E-state index in [1.165, 1.54) is 31.4 Å². The van der Waals surface area contributed by atoms with Gasteiger partial charge in [0.25, 0.3) is 0 Å². The Bertz CT molecular complexity index is 438. The van der Waals surface area contributed by atoms with Crippen molar-refractivity contribution in [2.24, 2.45) is 0 Å². The number of likely N-dealkylation sites (tertiary alicyclic amines) is 2. The fourth-order valence-electron chi connectivity index (χ4n) is 3.97. The van der Waals surface area contributed by atoms with E-state index in [-0.39, 0.29) is 0 Å². The molecule has 2 atom stereocenters. The van der Waals surface area contributed by atoms with E-state index in [0.717, 1.165) is 45.1 Å². The number of nitrogens with one attached hydrogen (secondary N) is 1. The van der Waals surface area contributed by atoms with E-state index in [4.69, 9.17) is 9.47 Å². The molecule has 2 saturated heterocycles. The molecular weight excluding hydrogens is 292 g/mol. The number of H-pyrrole nitrogens is 1. The summed E-state index contributed by atoms with van der Waals surface area (Å²) in [4.78, 5) is 5.00. The van der Waals surface area contributed by atoms with Crippen molar-refractivity contribution in [3.63, 3.8) is 0 Å². The molecule has 0 spiro atoms. The van der Waals surface area contributed by atoms with Gasteiger partial charge in [-0.2, -0.15) is 5.10 Å². The monoisotopic (exact) mass is 322 g/mol. The number of hydrogen-bond donors (Lipinski definition) is 1. The third kappa shape index (κ3) is 4.32. The zero-order chi connectivity index (χ0) is 16.1. The molecule has 1 N–H and O–H groups in total. The minimum atomic E-state index is 0.546. The van der Waals surface area contributed by atoms with Crippen LogP contribution in [0.2, 0.25) is 0 Å². The maximum Gasteiger partial charge on any atom is 0.0765 e. The Morgan fingerprint density at radius 3 is 2.26 bits per heavy atom. The molecule has 2 fully saturated rings. The largest absolute Gasteiger partial charge is 0.383 e. The molecule has 0 aliphatic carbocycles. The first kappa shape index (κ1) is 16.9. The van der Waals surface area contributed by atoms with Gasteiger partial charge in [0.15, 0.2) is 0 Å². The summed E-state index contributed by atoms with van der Waals surface area (Å²) in [5, 5.41) is 7.75. The third-order valence-corrected chi connectivity index (χ3v) is 5.14. The lowest BCUT2D eigenvalue weighted by molar-refractivity contribution is 0.111. The summed E-state index contributed by atoms with van der Waals surface area (Å²) in [6.45, 7) is 5.83. The maximum absolute atomic E-state index is 5.34. The molecule has 2 aliphatic rings. The van der Waals surface area contributed by atoms with Crippen LogP contribution < -0.4 is 0 Å². The van der Waals surface area contributed by atoms with E-state index < -0.39 is 0 Å². The average Bonchev–Trinajstić information content (AvgIpc) is 3.25. The number of methoxy groups -OCH3 is 2. The van der Waals surface area contributed by atoms with E-state index in [1.807, 2.05) is 0 Å². The Kier molecular flexibility index (Phi) is 6.05. The lowest BCUT2D eigenvalue weighted by atomic mass is 10.2. The van der Waals surface area contributed by atoms with E-state index in [1.54, 1.807) is 14.2 Å². The Morgan fingerprint density at radius 2 is 1.65 bits per heavy atom. The predicted molar refractivity (Wildman–Crippen MR) is 89.2 cm³/mol. The highest BCUT2D eigenvalue weighted by molar-refractivity contribution is 5.09. The molecule has 23 heavy (non-hydrogen) atoms. The molecule has 2 aliphatic heterocycles. The van der Waals surface area contributed by atoms with Crippen molar-refractivity contribution in [3.8, 4) is 0 Å². The molecule has 0 saturated carbocycles. The minimum absolute atomic E-state index is 0.546. The molecule has 1 aromatic heterocycles. The predicted octanol–water partition coefficient (Wildman–Crippen LogP) is 1.63. The van der Waals surface area contributed by atoms with Crippen LogP contribution in [0.15, 0.2) is 6.07 Å². The number of ether oxygens (including phenoxy) is 2. The second kappa shape index (κ2) is 8.24. The molecule has 0 unspecified atom stereocenters. The number of hydrogen-bond acceptors (Lipinski definition) is 5. The second-order valence-corrected chi connectivity index (χ2v) is 6.83. The van der Waals surface area contributed by atoms with Crippen molar-refractivity contribution >= 4 is 0 Å². The summed E-state index contributed by atoms with van der Waals surface area (Å²) >= 11 is 0. The van der Waals surface area contributed by atoms with Crippen molar-refractivity contribution < 1.29 is 9.47 Å². The van der Waals surface area contributed by atoms with Crippen molar-refractivity contribution in [1.82, 2.24) is 20.0 Å². The van der Waals surface area contributed by atoms with Crippen molar-refractivity contribution in [3.05, 3.63) is 17.5 Å². The maximum atomic E-state index is 5.34. The van der Waals surface area contributed by atoms with Crippen molar-refractivity contribution in [2.45, 2.75) is 50.9 Å². The van der Waals surface area contributed by atoms with Crippen molar-refractivity contribution in [1.29, 1.82) is 0 Å². The Balaban J connectivity index is 1.53. The molecule has 0 bridgehead atoms. The van der Waals surface area contributed by atoms with Gasteiger partial charge in [0, 0.05) is 45.1 Å². The molecule has 0 amide bonds. The van der Waals surface area contributed by atoms with E-state index in [0.29, 0.717) is 12.1 Å². The normalized spacial score (nSPS) is 26.3. The topological polar surface area (TPSA) is 53.6 Å². The summed E-state index contributed by atoms with van der Waals surface area (Å²) in [5.41, 5.74) is 2.36. The molecule has 6 heteroatoms. The zero-order valence-electron chi connectivity index (χ0n) is 14.5. The molecule has 130 valence electrons. The smallest absolute Gasteiger partial charge is 0.0765 e. The fourth-order valence-corrected chi connectivity index (χ4v) is 3.97. The summed E-state index contributed by atoms with van der Waals surface area (Å²) in [7, 11) is 3.58. The number of rotatable bonds is 8. The highest BCUT2D eigenvalue weighted by atomic mass is 16.5. The van der Waals surface area contributed by atoms with Crippen molar-refractivity contribution in [2.75, 3.05) is 40.5 Å².